The van der Waals surface area contributed by atoms with Crippen molar-refractivity contribution in [2.75, 3.05) is 26.2 Å². The van der Waals surface area contributed by atoms with Gasteiger partial charge in [-0.3, -0.25) is 4.79 Å². The maximum atomic E-state index is 14.0. The number of hydrogen-bond acceptors (Lipinski definition) is 3. The standard InChI is InChI=1S/C16H20F2N2O2/c1-10-5-14(18)12(6-13(10)17)15(21)20-7-11(2)22-16(9-20)3-4-19-8-16/h5-6,11,19H,3-4,7-9H2,1-2H3. The number of aryl methyl sites for hydroxylation is 1. The van der Waals surface area contributed by atoms with Gasteiger partial charge in [0.25, 0.3) is 5.91 Å². The fourth-order valence-corrected chi connectivity index (χ4v) is 3.32. The lowest BCUT2D eigenvalue weighted by atomic mass is 9.98. The Morgan fingerprint density at radius 2 is 2.18 bits per heavy atom. The monoisotopic (exact) mass is 310 g/mol. The Morgan fingerprint density at radius 3 is 2.86 bits per heavy atom. The Labute approximate surface area is 128 Å². The summed E-state index contributed by atoms with van der Waals surface area (Å²) >= 11 is 0. The molecule has 120 valence electrons. The first-order valence-electron chi connectivity index (χ1n) is 7.54. The molecule has 4 nitrogen and oxygen atoms in total. The average molecular weight is 310 g/mol. The van der Waals surface area contributed by atoms with E-state index in [4.69, 9.17) is 4.74 Å². The van der Waals surface area contributed by atoms with E-state index in [1.54, 1.807) is 4.90 Å². The molecule has 1 aromatic carbocycles. The number of carbonyl (C=O) groups excluding carboxylic acids is 1. The fourth-order valence-electron chi connectivity index (χ4n) is 3.32. The van der Waals surface area contributed by atoms with E-state index in [1.165, 1.54) is 6.92 Å². The van der Waals surface area contributed by atoms with Gasteiger partial charge in [0.2, 0.25) is 0 Å². The lowest BCUT2D eigenvalue weighted by molar-refractivity contribution is -0.127. The molecular formula is C16H20F2N2O2. The van der Waals surface area contributed by atoms with Crippen LogP contribution in [0.15, 0.2) is 12.1 Å². The summed E-state index contributed by atoms with van der Waals surface area (Å²) < 4.78 is 33.7. The molecule has 1 aromatic rings. The van der Waals surface area contributed by atoms with Crippen LogP contribution < -0.4 is 5.32 Å². The van der Waals surface area contributed by atoms with E-state index < -0.39 is 23.1 Å². The third-order valence-electron chi connectivity index (χ3n) is 4.38. The minimum Gasteiger partial charge on any atom is -0.367 e. The minimum absolute atomic E-state index is 0.129. The molecule has 0 saturated carbocycles. The van der Waals surface area contributed by atoms with Gasteiger partial charge < -0.3 is 15.0 Å². The summed E-state index contributed by atoms with van der Waals surface area (Å²) in [4.78, 5) is 14.2. The second kappa shape index (κ2) is 5.59. The molecule has 2 atom stereocenters. The lowest BCUT2D eigenvalue weighted by Crippen LogP contribution is -2.57. The van der Waals surface area contributed by atoms with Crippen LogP contribution in [0.2, 0.25) is 0 Å². The molecule has 0 aliphatic carbocycles. The lowest BCUT2D eigenvalue weighted by Gasteiger charge is -2.43. The Morgan fingerprint density at radius 1 is 1.41 bits per heavy atom. The van der Waals surface area contributed by atoms with Crippen LogP contribution in [0.4, 0.5) is 8.78 Å². The molecule has 1 spiro atoms. The summed E-state index contributed by atoms with van der Waals surface area (Å²) in [6, 6.07) is 2.06. The molecule has 2 fully saturated rings. The molecule has 22 heavy (non-hydrogen) atoms. The first-order chi connectivity index (χ1) is 10.4. The normalized spacial score (nSPS) is 28.4. The highest BCUT2D eigenvalue weighted by Gasteiger charge is 2.43. The maximum absolute atomic E-state index is 14.0. The summed E-state index contributed by atoms with van der Waals surface area (Å²) in [5.41, 5.74) is -0.424. The number of hydrogen-bond donors (Lipinski definition) is 1. The van der Waals surface area contributed by atoms with E-state index in [0.29, 0.717) is 19.6 Å². The van der Waals surface area contributed by atoms with Crippen LogP contribution in [-0.4, -0.2) is 48.7 Å². The van der Waals surface area contributed by atoms with Crippen LogP contribution in [0.1, 0.15) is 29.3 Å². The predicted molar refractivity (Wildman–Crippen MR) is 77.8 cm³/mol. The van der Waals surface area contributed by atoms with Crippen LogP contribution in [-0.2, 0) is 4.74 Å². The molecule has 0 bridgehead atoms. The molecule has 3 rings (SSSR count). The van der Waals surface area contributed by atoms with Gasteiger partial charge in [0.15, 0.2) is 0 Å². The van der Waals surface area contributed by atoms with Crippen molar-refractivity contribution in [1.29, 1.82) is 0 Å². The van der Waals surface area contributed by atoms with Gasteiger partial charge in [0.1, 0.15) is 11.6 Å². The summed E-state index contributed by atoms with van der Waals surface area (Å²) in [7, 11) is 0. The number of halogens is 2. The van der Waals surface area contributed by atoms with E-state index in [-0.39, 0.29) is 17.2 Å². The quantitative estimate of drug-likeness (QED) is 0.861. The zero-order valence-electron chi connectivity index (χ0n) is 12.8. The predicted octanol–water partition coefficient (Wildman–Crippen LogP) is 1.87. The number of ether oxygens (including phenoxy) is 1. The van der Waals surface area contributed by atoms with Gasteiger partial charge in [-0.05, 0) is 44.5 Å². The third kappa shape index (κ3) is 2.73. The highest BCUT2D eigenvalue weighted by atomic mass is 19.1. The molecule has 6 heteroatoms. The number of nitrogens with zero attached hydrogens (tertiary/aromatic N) is 1. The number of carbonyl (C=O) groups is 1. The van der Waals surface area contributed by atoms with Crippen molar-refractivity contribution in [3.63, 3.8) is 0 Å². The molecule has 2 aliphatic heterocycles. The van der Waals surface area contributed by atoms with Crippen molar-refractivity contribution in [3.05, 3.63) is 34.9 Å². The number of rotatable bonds is 1. The Hall–Kier alpha value is -1.53. The molecule has 2 heterocycles. The fraction of sp³-hybridized carbons (Fsp3) is 0.562. The molecular weight excluding hydrogens is 290 g/mol. The molecule has 2 saturated heterocycles. The Kier molecular flexibility index (Phi) is 3.91. The van der Waals surface area contributed by atoms with E-state index in [1.807, 2.05) is 6.92 Å². The van der Waals surface area contributed by atoms with Crippen LogP contribution in [0.25, 0.3) is 0 Å². The van der Waals surface area contributed by atoms with Gasteiger partial charge in [-0.2, -0.15) is 0 Å². The van der Waals surface area contributed by atoms with E-state index >= 15 is 0 Å². The van der Waals surface area contributed by atoms with Gasteiger partial charge in [-0.15, -0.1) is 0 Å². The number of amides is 1. The largest absolute Gasteiger partial charge is 0.367 e. The van der Waals surface area contributed by atoms with Crippen LogP contribution in [0, 0.1) is 18.6 Å². The first kappa shape index (κ1) is 15.4. The maximum Gasteiger partial charge on any atom is 0.257 e. The SMILES string of the molecule is Cc1cc(F)c(C(=O)N2CC(C)OC3(CCNC3)C2)cc1F. The van der Waals surface area contributed by atoms with E-state index in [9.17, 15) is 13.6 Å². The van der Waals surface area contributed by atoms with Crippen LogP contribution in [0.5, 0.6) is 0 Å². The van der Waals surface area contributed by atoms with Gasteiger partial charge in [-0.25, -0.2) is 8.78 Å². The third-order valence-corrected chi connectivity index (χ3v) is 4.38. The zero-order valence-corrected chi connectivity index (χ0v) is 12.8. The number of morpholine rings is 1. The Balaban J connectivity index is 1.86. The zero-order chi connectivity index (χ0) is 15.9. The van der Waals surface area contributed by atoms with Gasteiger partial charge in [-0.1, -0.05) is 0 Å². The van der Waals surface area contributed by atoms with Crippen molar-refractivity contribution in [2.45, 2.75) is 32.0 Å². The molecule has 1 N–H and O–H groups in total. The smallest absolute Gasteiger partial charge is 0.257 e. The molecule has 0 radical (unpaired) electrons. The van der Waals surface area contributed by atoms with E-state index in [2.05, 4.69) is 5.32 Å². The second-order valence-corrected chi connectivity index (χ2v) is 6.31. The topological polar surface area (TPSA) is 41.6 Å². The number of nitrogens with one attached hydrogen (secondary N) is 1. The van der Waals surface area contributed by atoms with Gasteiger partial charge in [0.05, 0.1) is 23.8 Å². The molecule has 2 unspecified atom stereocenters. The van der Waals surface area contributed by atoms with E-state index in [0.717, 1.165) is 25.1 Å². The Bertz CT molecular complexity index is 600. The van der Waals surface area contributed by atoms with Crippen LogP contribution in [0.3, 0.4) is 0 Å². The average Bonchev–Trinajstić information content (AvgIpc) is 2.88. The highest BCUT2D eigenvalue weighted by Crippen LogP contribution is 2.29. The summed E-state index contributed by atoms with van der Waals surface area (Å²) in [5.74, 6) is -1.72. The summed E-state index contributed by atoms with van der Waals surface area (Å²) in [6.45, 7) is 5.66. The van der Waals surface area contributed by atoms with Crippen LogP contribution >= 0.6 is 0 Å². The minimum atomic E-state index is -0.679. The van der Waals surface area contributed by atoms with Gasteiger partial charge >= 0.3 is 0 Å². The summed E-state index contributed by atoms with van der Waals surface area (Å²) in [6.07, 6.45) is 0.683. The van der Waals surface area contributed by atoms with Crippen molar-refractivity contribution in [2.24, 2.45) is 0 Å². The van der Waals surface area contributed by atoms with Crippen molar-refractivity contribution >= 4 is 5.91 Å². The first-order valence-corrected chi connectivity index (χ1v) is 7.54. The van der Waals surface area contributed by atoms with Crippen molar-refractivity contribution < 1.29 is 18.3 Å². The second-order valence-electron chi connectivity index (χ2n) is 6.31. The molecule has 0 aromatic heterocycles. The molecule has 2 aliphatic rings. The van der Waals surface area contributed by atoms with Gasteiger partial charge in [0, 0.05) is 13.1 Å². The number of benzene rings is 1. The summed E-state index contributed by atoms with van der Waals surface area (Å²) in [5, 5.41) is 3.23. The molecule has 1 amide bonds. The van der Waals surface area contributed by atoms with Crippen molar-refractivity contribution in [3.8, 4) is 0 Å². The van der Waals surface area contributed by atoms with Crippen molar-refractivity contribution in [1.82, 2.24) is 10.2 Å². The highest BCUT2D eigenvalue weighted by molar-refractivity contribution is 5.94.